The Kier molecular flexibility index (Phi) is 6.23. The fraction of sp³-hybridized carbons (Fsp3) is 0.417. The molecule has 8 heteroatoms. The van der Waals surface area contributed by atoms with E-state index in [4.69, 9.17) is 4.74 Å². The molecule has 0 unspecified atom stereocenters. The highest BCUT2D eigenvalue weighted by atomic mass is 16.5. The van der Waals surface area contributed by atoms with Gasteiger partial charge in [-0.3, -0.25) is 29.2 Å². The van der Waals surface area contributed by atoms with Gasteiger partial charge < -0.3 is 9.64 Å². The molecule has 4 rings (SSSR count). The van der Waals surface area contributed by atoms with Crippen LogP contribution >= 0.6 is 0 Å². The number of aromatic nitrogens is 1. The molecule has 0 aliphatic carbocycles. The van der Waals surface area contributed by atoms with Crippen LogP contribution in [0.4, 0.5) is 0 Å². The largest absolute Gasteiger partial charge is 0.496 e. The molecule has 1 atom stereocenters. The van der Waals surface area contributed by atoms with Gasteiger partial charge in [0.25, 0.3) is 0 Å². The summed E-state index contributed by atoms with van der Waals surface area (Å²) in [5.74, 6) is -0.246. The molecule has 1 aromatic carbocycles. The summed E-state index contributed by atoms with van der Waals surface area (Å²) in [7, 11) is 3.00. The first-order chi connectivity index (χ1) is 15.4. The second kappa shape index (κ2) is 9.08. The van der Waals surface area contributed by atoms with Crippen LogP contribution < -0.4 is 4.74 Å². The number of carbonyl (C=O) groups excluding carboxylic acids is 3. The molecule has 2 aliphatic heterocycles. The van der Waals surface area contributed by atoms with Gasteiger partial charge in [0.2, 0.25) is 17.7 Å². The summed E-state index contributed by atoms with van der Waals surface area (Å²) >= 11 is 0. The van der Waals surface area contributed by atoms with Crippen molar-refractivity contribution in [3.05, 3.63) is 59.9 Å². The summed E-state index contributed by atoms with van der Waals surface area (Å²) in [6, 6.07) is 13.0. The van der Waals surface area contributed by atoms with Gasteiger partial charge in [0.05, 0.1) is 18.2 Å². The van der Waals surface area contributed by atoms with E-state index in [-0.39, 0.29) is 30.6 Å². The van der Waals surface area contributed by atoms with Gasteiger partial charge in [-0.15, -0.1) is 0 Å². The second-order valence-corrected chi connectivity index (χ2v) is 8.37. The van der Waals surface area contributed by atoms with Gasteiger partial charge in [-0.1, -0.05) is 24.3 Å². The lowest BCUT2D eigenvalue weighted by Crippen LogP contribution is -2.50. The standard InChI is InChI=1S/C24H28N4O4/c1-26-21(29)15-24(23(26)31,19-8-3-4-9-20(19)32-2)16-22(30)28-13-11-27(12-14-28)17-18-7-5-6-10-25-18/h3-10H,11-17H2,1-2H3/t24-/m0/s1. The Balaban J connectivity index is 1.49. The number of ether oxygens (including phenoxy) is 1. The van der Waals surface area contributed by atoms with E-state index in [0.29, 0.717) is 24.4 Å². The molecule has 0 radical (unpaired) electrons. The van der Waals surface area contributed by atoms with Crippen LogP contribution in [0.1, 0.15) is 24.1 Å². The molecule has 8 nitrogen and oxygen atoms in total. The molecule has 0 bridgehead atoms. The van der Waals surface area contributed by atoms with E-state index in [9.17, 15) is 14.4 Å². The van der Waals surface area contributed by atoms with Gasteiger partial charge in [-0.05, 0) is 18.2 Å². The first kappa shape index (κ1) is 22.0. The highest BCUT2D eigenvalue weighted by Crippen LogP contribution is 2.43. The molecule has 2 aliphatic rings. The third-order valence-electron chi connectivity index (χ3n) is 6.45. The van der Waals surface area contributed by atoms with Crippen molar-refractivity contribution in [3.8, 4) is 5.75 Å². The molecular weight excluding hydrogens is 408 g/mol. The lowest BCUT2D eigenvalue weighted by molar-refractivity contribution is -0.142. The number of methoxy groups -OCH3 is 1. The third kappa shape index (κ3) is 4.10. The van der Waals surface area contributed by atoms with Crippen molar-refractivity contribution >= 4 is 17.7 Å². The first-order valence-electron chi connectivity index (χ1n) is 10.8. The van der Waals surface area contributed by atoms with E-state index >= 15 is 0 Å². The number of piperazine rings is 1. The molecular formula is C24H28N4O4. The summed E-state index contributed by atoms with van der Waals surface area (Å²) < 4.78 is 5.48. The monoisotopic (exact) mass is 436 g/mol. The zero-order valence-electron chi connectivity index (χ0n) is 18.5. The van der Waals surface area contributed by atoms with Crippen molar-refractivity contribution in [2.24, 2.45) is 0 Å². The number of pyridine rings is 1. The second-order valence-electron chi connectivity index (χ2n) is 8.37. The number of imide groups is 1. The number of amides is 3. The number of hydrogen-bond donors (Lipinski definition) is 0. The van der Waals surface area contributed by atoms with Crippen LogP contribution in [0.3, 0.4) is 0 Å². The molecule has 2 fully saturated rings. The quantitative estimate of drug-likeness (QED) is 0.638. The maximum Gasteiger partial charge on any atom is 0.240 e. The minimum Gasteiger partial charge on any atom is -0.496 e. The smallest absolute Gasteiger partial charge is 0.240 e. The van der Waals surface area contributed by atoms with Crippen molar-refractivity contribution in [2.45, 2.75) is 24.8 Å². The van der Waals surface area contributed by atoms with Crippen LogP contribution in [0.5, 0.6) is 5.75 Å². The van der Waals surface area contributed by atoms with E-state index < -0.39 is 5.41 Å². The zero-order valence-corrected chi connectivity index (χ0v) is 18.5. The Bertz CT molecular complexity index is 1000. The normalized spacial score (nSPS) is 21.8. The third-order valence-corrected chi connectivity index (χ3v) is 6.45. The molecule has 32 heavy (non-hydrogen) atoms. The maximum absolute atomic E-state index is 13.3. The van der Waals surface area contributed by atoms with E-state index in [0.717, 1.165) is 30.2 Å². The Morgan fingerprint density at radius 1 is 1.06 bits per heavy atom. The van der Waals surface area contributed by atoms with Crippen molar-refractivity contribution in [1.29, 1.82) is 0 Å². The summed E-state index contributed by atoms with van der Waals surface area (Å²) in [6.07, 6.45) is 1.69. The highest BCUT2D eigenvalue weighted by Gasteiger charge is 2.54. The molecule has 1 aromatic heterocycles. The number of carbonyl (C=O) groups is 3. The fourth-order valence-corrected chi connectivity index (χ4v) is 4.62. The van der Waals surface area contributed by atoms with E-state index in [2.05, 4.69) is 9.88 Å². The predicted octanol–water partition coefficient (Wildman–Crippen LogP) is 1.45. The van der Waals surface area contributed by atoms with Gasteiger partial charge >= 0.3 is 0 Å². The van der Waals surface area contributed by atoms with Crippen molar-refractivity contribution in [1.82, 2.24) is 19.7 Å². The van der Waals surface area contributed by atoms with Gasteiger partial charge in [0.15, 0.2) is 0 Å². The summed E-state index contributed by atoms with van der Waals surface area (Å²) in [5, 5.41) is 0. The zero-order chi connectivity index (χ0) is 22.7. The van der Waals surface area contributed by atoms with Crippen molar-refractivity contribution in [3.63, 3.8) is 0 Å². The molecule has 0 spiro atoms. The van der Waals surface area contributed by atoms with Crippen LogP contribution in [0.2, 0.25) is 0 Å². The number of para-hydroxylation sites is 1. The number of likely N-dealkylation sites (N-methyl/N-ethyl adjacent to an activating group) is 1. The van der Waals surface area contributed by atoms with Crippen LogP contribution in [0, 0.1) is 0 Å². The van der Waals surface area contributed by atoms with Crippen LogP contribution in [-0.2, 0) is 26.3 Å². The van der Waals surface area contributed by atoms with Gasteiger partial charge in [0.1, 0.15) is 5.75 Å². The number of hydrogen-bond acceptors (Lipinski definition) is 6. The number of likely N-dealkylation sites (tertiary alicyclic amines) is 1. The molecule has 3 amide bonds. The van der Waals surface area contributed by atoms with Crippen molar-refractivity contribution < 1.29 is 19.1 Å². The fourth-order valence-electron chi connectivity index (χ4n) is 4.62. The van der Waals surface area contributed by atoms with Gasteiger partial charge in [-0.25, -0.2) is 0 Å². The Morgan fingerprint density at radius 3 is 2.41 bits per heavy atom. The lowest BCUT2D eigenvalue weighted by atomic mass is 9.75. The number of benzene rings is 1. The maximum atomic E-state index is 13.3. The van der Waals surface area contributed by atoms with Crippen LogP contribution in [0.15, 0.2) is 48.7 Å². The average Bonchev–Trinajstić information content (AvgIpc) is 3.04. The lowest BCUT2D eigenvalue weighted by Gasteiger charge is -2.36. The summed E-state index contributed by atoms with van der Waals surface area (Å²) in [6.45, 7) is 3.36. The minimum atomic E-state index is -1.24. The minimum absolute atomic E-state index is 0.0336. The number of nitrogens with zero attached hydrogens (tertiary/aromatic N) is 4. The van der Waals surface area contributed by atoms with E-state index in [1.807, 2.05) is 24.3 Å². The molecule has 3 heterocycles. The van der Waals surface area contributed by atoms with Crippen LogP contribution in [-0.4, -0.2) is 77.7 Å². The highest BCUT2D eigenvalue weighted by molar-refractivity contribution is 6.10. The molecule has 0 saturated carbocycles. The summed E-state index contributed by atoms with van der Waals surface area (Å²) in [5.41, 5.74) is 0.355. The van der Waals surface area contributed by atoms with Crippen LogP contribution in [0.25, 0.3) is 0 Å². The molecule has 2 aromatic rings. The van der Waals surface area contributed by atoms with E-state index in [1.165, 1.54) is 14.2 Å². The van der Waals surface area contributed by atoms with E-state index in [1.54, 1.807) is 29.3 Å². The molecule has 2 saturated heterocycles. The molecule has 0 N–H and O–H groups in total. The van der Waals surface area contributed by atoms with Gasteiger partial charge in [0, 0.05) is 64.4 Å². The van der Waals surface area contributed by atoms with Gasteiger partial charge in [-0.2, -0.15) is 0 Å². The Hall–Kier alpha value is -3.26. The molecule has 168 valence electrons. The van der Waals surface area contributed by atoms with Crippen molar-refractivity contribution in [2.75, 3.05) is 40.3 Å². The summed E-state index contributed by atoms with van der Waals surface area (Å²) in [4.78, 5) is 48.6. The predicted molar refractivity (Wildman–Crippen MR) is 118 cm³/mol. The first-order valence-corrected chi connectivity index (χ1v) is 10.8. The SMILES string of the molecule is COc1ccccc1[C@@]1(CC(=O)N2CCN(Cc3ccccn3)CC2)CC(=O)N(C)C1=O. The Labute approximate surface area is 187 Å². The Morgan fingerprint density at radius 2 is 1.78 bits per heavy atom. The topological polar surface area (TPSA) is 83.1 Å². The number of rotatable bonds is 6. The average molecular weight is 437 g/mol.